The van der Waals surface area contributed by atoms with E-state index < -0.39 is 0 Å². The molecular formula is C34H32N2O3. The molecule has 0 fully saturated rings. The van der Waals surface area contributed by atoms with Gasteiger partial charge in [-0.15, -0.1) is 0 Å². The van der Waals surface area contributed by atoms with Crippen LogP contribution in [0.25, 0.3) is 22.2 Å². The zero-order valence-corrected chi connectivity index (χ0v) is 22.8. The van der Waals surface area contributed by atoms with Crippen molar-refractivity contribution in [1.29, 1.82) is 0 Å². The van der Waals surface area contributed by atoms with Crippen LogP contribution in [0.4, 0.5) is 0 Å². The van der Waals surface area contributed by atoms with Gasteiger partial charge in [0.05, 0.1) is 26.0 Å². The highest BCUT2D eigenvalue weighted by Gasteiger charge is 2.40. The van der Waals surface area contributed by atoms with Crippen LogP contribution < -0.4 is 9.47 Å². The van der Waals surface area contributed by atoms with Gasteiger partial charge in [0.1, 0.15) is 0 Å². The molecule has 1 atom stereocenters. The zero-order valence-electron chi connectivity index (χ0n) is 22.8. The standard InChI is InChI=1S/C34H32N2O3/c1-22-13-16-24(17-14-22)32-31(27-11-7-8-12-28(27)35(32)2)33-25-9-5-6-10-26(25)34(37)36(33)20-19-23-15-18-29(38-3)30(21-23)39-4/h5-18,21,33H,19-20H2,1-4H3. The number of amides is 1. The molecular weight excluding hydrogens is 484 g/mol. The Morgan fingerprint density at radius 2 is 1.54 bits per heavy atom. The maximum atomic E-state index is 13.9. The summed E-state index contributed by atoms with van der Waals surface area (Å²) < 4.78 is 13.2. The minimum atomic E-state index is -0.198. The second-order valence-corrected chi connectivity index (χ2v) is 10.1. The first-order valence-corrected chi connectivity index (χ1v) is 13.3. The minimum Gasteiger partial charge on any atom is -0.493 e. The highest BCUT2D eigenvalue weighted by Crippen LogP contribution is 2.46. The normalized spacial score (nSPS) is 14.6. The summed E-state index contributed by atoms with van der Waals surface area (Å²) in [6, 6.07) is 31.0. The lowest BCUT2D eigenvalue weighted by atomic mass is 9.92. The highest BCUT2D eigenvalue weighted by molar-refractivity contribution is 6.02. The van der Waals surface area contributed by atoms with Crippen molar-refractivity contribution in [3.63, 3.8) is 0 Å². The SMILES string of the molecule is COc1ccc(CCN2C(=O)c3ccccc3C2c2c(-c3ccc(C)cc3)n(C)c3ccccc23)cc1OC. The largest absolute Gasteiger partial charge is 0.493 e. The van der Waals surface area contributed by atoms with E-state index in [0.29, 0.717) is 24.5 Å². The van der Waals surface area contributed by atoms with Crippen LogP contribution in [0.1, 0.15) is 38.7 Å². The molecule has 1 amide bonds. The number of carbonyl (C=O) groups excluding carboxylic acids is 1. The van der Waals surface area contributed by atoms with Gasteiger partial charge in [-0.05, 0) is 54.3 Å². The fraction of sp³-hybridized carbons (Fsp3) is 0.206. The van der Waals surface area contributed by atoms with Crippen LogP contribution in [0.5, 0.6) is 11.5 Å². The third-order valence-electron chi connectivity index (χ3n) is 7.89. The third-order valence-corrected chi connectivity index (χ3v) is 7.89. The van der Waals surface area contributed by atoms with E-state index in [1.165, 1.54) is 16.5 Å². The Kier molecular flexibility index (Phi) is 6.35. The Labute approximate surface area is 229 Å². The number of para-hydroxylation sites is 1. The average molecular weight is 517 g/mol. The Balaban J connectivity index is 1.50. The lowest BCUT2D eigenvalue weighted by Gasteiger charge is -2.27. The maximum absolute atomic E-state index is 13.9. The fourth-order valence-electron chi connectivity index (χ4n) is 5.96. The molecule has 0 saturated carbocycles. The van der Waals surface area contributed by atoms with Crippen LogP contribution in [0, 0.1) is 6.92 Å². The number of carbonyl (C=O) groups is 1. The Hall–Kier alpha value is -4.51. The molecule has 5 nitrogen and oxygen atoms in total. The quantitative estimate of drug-likeness (QED) is 0.235. The molecule has 1 aliphatic heterocycles. The van der Waals surface area contributed by atoms with E-state index in [9.17, 15) is 4.79 Å². The maximum Gasteiger partial charge on any atom is 0.255 e. The van der Waals surface area contributed by atoms with Gasteiger partial charge in [0.2, 0.25) is 0 Å². The number of methoxy groups -OCH3 is 2. The number of fused-ring (bicyclic) bond motifs is 2. The minimum absolute atomic E-state index is 0.0684. The van der Waals surface area contributed by atoms with Gasteiger partial charge in [-0.2, -0.15) is 0 Å². The van der Waals surface area contributed by atoms with Gasteiger partial charge in [0, 0.05) is 35.6 Å². The summed E-state index contributed by atoms with van der Waals surface area (Å²) in [6.45, 7) is 2.68. The Morgan fingerprint density at radius 3 is 2.31 bits per heavy atom. The summed E-state index contributed by atoms with van der Waals surface area (Å²) in [7, 11) is 5.40. The number of benzene rings is 4. The topological polar surface area (TPSA) is 43.7 Å². The Bertz CT molecular complexity index is 1680. The molecule has 196 valence electrons. The molecule has 2 heterocycles. The number of hydrogen-bond donors (Lipinski definition) is 0. The predicted molar refractivity (Wildman–Crippen MR) is 156 cm³/mol. The van der Waals surface area contributed by atoms with E-state index in [0.717, 1.165) is 33.5 Å². The van der Waals surface area contributed by atoms with Crippen LogP contribution in [0.15, 0.2) is 91.0 Å². The smallest absolute Gasteiger partial charge is 0.255 e. The summed E-state index contributed by atoms with van der Waals surface area (Å²) in [4.78, 5) is 16.0. The van der Waals surface area contributed by atoms with Crippen LogP contribution in [0.2, 0.25) is 0 Å². The van der Waals surface area contributed by atoms with Crippen LogP contribution in [-0.4, -0.2) is 36.1 Å². The number of aromatic nitrogens is 1. The number of ether oxygens (including phenoxy) is 2. The van der Waals surface area contributed by atoms with Crippen LogP contribution in [-0.2, 0) is 13.5 Å². The van der Waals surface area contributed by atoms with Crippen molar-refractivity contribution in [3.05, 3.63) is 119 Å². The summed E-state index contributed by atoms with van der Waals surface area (Å²) in [5.41, 5.74) is 8.75. The Morgan fingerprint density at radius 1 is 0.821 bits per heavy atom. The molecule has 0 aliphatic carbocycles. The van der Waals surface area contributed by atoms with Crippen molar-refractivity contribution >= 4 is 16.8 Å². The molecule has 0 bridgehead atoms. The predicted octanol–water partition coefficient (Wildman–Crippen LogP) is 6.96. The molecule has 1 aliphatic rings. The molecule has 6 rings (SSSR count). The summed E-state index contributed by atoms with van der Waals surface area (Å²) in [5, 5.41) is 1.17. The van der Waals surface area contributed by atoms with Crippen LogP contribution in [0.3, 0.4) is 0 Å². The monoisotopic (exact) mass is 516 g/mol. The van der Waals surface area contributed by atoms with Gasteiger partial charge < -0.3 is 18.9 Å². The van der Waals surface area contributed by atoms with E-state index in [-0.39, 0.29) is 11.9 Å². The van der Waals surface area contributed by atoms with E-state index in [4.69, 9.17) is 9.47 Å². The number of hydrogen-bond acceptors (Lipinski definition) is 3. The van der Waals surface area contributed by atoms with Crippen molar-refractivity contribution in [2.45, 2.75) is 19.4 Å². The second-order valence-electron chi connectivity index (χ2n) is 10.1. The second kappa shape index (κ2) is 9.99. The van der Waals surface area contributed by atoms with E-state index >= 15 is 0 Å². The van der Waals surface area contributed by atoms with Crippen molar-refractivity contribution in [3.8, 4) is 22.8 Å². The number of rotatable bonds is 7. The molecule has 5 aromatic rings. The molecule has 39 heavy (non-hydrogen) atoms. The molecule has 4 aromatic carbocycles. The van der Waals surface area contributed by atoms with Crippen molar-refractivity contribution in [2.24, 2.45) is 7.05 Å². The third kappa shape index (κ3) is 4.15. The summed E-state index contributed by atoms with van der Waals surface area (Å²) >= 11 is 0. The average Bonchev–Trinajstić information content (AvgIpc) is 3.42. The van der Waals surface area contributed by atoms with Crippen LogP contribution >= 0.6 is 0 Å². The van der Waals surface area contributed by atoms with Gasteiger partial charge in [-0.3, -0.25) is 4.79 Å². The molecule has 0 spiro atoms. The van der Waals surface area contributed by atoms with Gasteiger partial charge in [-0.1, -0.05) is 72.3 Å². The first-order valence-electron chi connectivity index (χ1n) is 13.3. The lowest BCUT2D eigenvalue weighted by molar-refractivity contribution is 0.0753. The van der Waals surface area contributed by atoms with Gasteiger partial charge >= 0.3 is 0 Å². The van der Waals surface area contributed by atoms with Crippen molar-refractivity contribution in [1.82, 2.24) is 9.47 Å². The van der Waals surface area contributed by atoms with E-state index in [2.05, 4.69) is 73.1 Å². The summed E-state index contributed by atoms with van der Waals surface area (Å²) in [5.74, 6) is 1.46. The van der Waals surface area contributed by atoms with Gasteiger partial charge in [0.25, 0.3) is 5.91 Å². The first kappa shape index (κ1) is 24.8. The molecule has 1 unspecified atom stereocenters. The number of nitrogens with zero attached hydrogens (tertiary/aromatic N) is 2. The molecule has 0 saturated heterocycles. The van der Waals surface area contributed by atoms with E-state index in [1.54, 1.807) is 14.2 Å². The molecule has 5 heteroatoms. The zero-order chi connectivity index (χ0) is 27.1. The van der Waals surface area contributed by atoms with Crippen molar-refractivity contribution < 1.29 is 14.3 Å². The molecule has 1 aromatic heterocycles. The van der Waals surface area contributed by atoms with E-state index in [1.807, 2.05) is 41.3 Å². The van der Waals surface area contributed by atoms with Gasteiger partial charge in [0.15, 0.2) is 11.5 Å². The first-order chi connectivity index (χ1) is 19.0. The molecule has 0 N–H and O–H groups in total. The summed E-state index contributed by atoms with van der Waals surface area (Å²) in [6.07, 6.45) is 0.696. The van der Waals surface area contributed by atoms with Gasteiger partial charge in [-0.25, -0.2) is 0 Å². The molecule has 0 radical (unpaired) electrons. The lowest BCUT2D eigenvalue weighted by Crippen LogP contribution is -2.31. The number of aryl methyl sites for hydroxylation is 2. The highest BCUT2D eigenvalue weighted by atomic mass is 16.5. The fourth-order valence-corrected chi connectivity index (χ4v) is 5.96. The van der Waals surface area contributed by atoms with Crippen molar-refractivity contribution in [2.75, 3.05) is 20.8 Å².